The lowest BCUT2D eigenvalue weighted by Crippen LogP contribution is -2.48. The lowest BCUT2D eigenvalue weighted by Gasteiger charge is -2.32. The molecular weight excluding hydrogens is 334 g/mol. The van der Waals surface area contributed by atoms with E-state index < -0.39 is 41.7 Å². The van der Waals surface area contributed by atoms with E-state index in [1.165, 1.54) is 0 Å². The quantitative estimate of drug-likeness (QED) is 0.837. The molecule has 0 spiro atoms. The number of ether oxygens (including phenoxy) is 2. The average molecular weight is 342 g/mol. The van der Waals surface area contributed by atoms with E-state index in [0.717, 1.165) is 18.2 Å². The van der Waals surface area contributed by atoms with E-state index in [9.17, 15) is 31.1 Å². The van der Waals surface area contributed by atoms with Crippen LogP contribution in [0.2, 0.25) is 0 Å². The maximum absolute atomic E-state index is 13.1. The second-order valence-corrected chi connectivity index (χ2v) is 5.39. The number of rotatable bonds is 2. The summed E-state index contributed by atoms with van der Waals surface area (Å²) in [7, 11) is 0. The minimum atomic E-state index is -4.97. The number of carbonyl (C=O) groups is 1. The van der Waals surface area contributed by atoms with Crippen LogP contribution in [0.1, 0.15) is 17.9 Å². The van der Waals surface area contributed by atoms with Crippen LogP contribution in [0.3, 0.4) is 0 Å². The molecule has 3 rings (SSSR count). The van der Waals surface area contributed by atoms with Crippen LogP contribution in [-0.4, -0.2) is 29.7 Å². The molecule has 1 saturated carbocycles. The van der Waals surface area contributed by atoms with Gasteiger partial charge in [0.1, 0.15) is 16.9 Å². The van der Waals surface area contributed by atoms with Crippen LogP contribution in [-0.2, 0) is 4.79 Å². The Hall–Kier alpha value is -2.13. The maximum Gasteiger partial charge on any atom is 0.573 e. The molecule has 0 saturated heterocycles. The Bertz CT molecular complexity index is 667. The van der Waals surface area contributed by atoms with Gasteiger partial charge in [-0.25, -0.2) is 0 Å². The molecule has 2 aliphatic rings. The van der Waals surface area contributed by atoms with Crippen molar-refractivity contribution in [3.8, 4) is 11.5 Å². The van der Waals surface area contributed by atoms with Crippen LogP contribution >= 0.6 is 0 Å². The fourth-order valence-electron chi connectivity index (χ4n) is 3.00. The van der Waals surface area contributed by atoms with Crippen LogP contribution in [0.25, 0.3) is 0 Å². The van der Waals surface area contributed by atoms with Gasteiger partial charge < -0.3 is 14.6 Å². The smallest absolute Gasteiger partial charge is 0.481 e. The van der Waals surface area contributed by atoms with Crippen LogP contribution in [0.4, 0.5) is 26.3 Å². The molecule has 126 valence electrons. The molecule has 23 heavy (non-hydrogen) atoms. The normalized spacial score (nSPS) is 29.1. The van der Waals surface area contributed by atoms with Crippen LogP contribution in [0.5, 0.6) is 11.5 Å². The number of aliphatic carboxylic acids is 1. The van der Waals surface area contributed by atoms with E-state index in [0.29, 0.717) is 0 Å². The largest absolute Gasteiger partial charge is 0.573 e. The fourth-order valence-corrected chi connectivity index (χ4v) is 3.00. The number of fused-ring (bicyclic) bond motifs is 3. The van der Waals surface area contributed by atoms with Gasteiger partial charge >= 0.3 is 18.5 Å². The number of alkyl halides is 6. The van der Waals surface area contributed by atoms with Gasteiger partial charge in [0.05, 0.1) is 0 Å². The molecule has 1 fully saturated rings. The monoisotopic (exact) mass is 342 g/mol. The van der Waals surface area contributed by atoms with Crippen molar-refractivity contribution in [1.82, 2.24) is 0 Å². The molecule has 1 aromatic carbocycles. The van der Waals surface area contributed by atoms with Crippen molar-refractivity contribution in [3.05, 3.63) is 23.8 Å². The number of carboxylic acid groups (broad SMARTS) is 1. The molecule has 0 amide bonds. The number of benzene rings is 1. The fraction of sp³-hybridized carbons (Fsp3) is 0.462. The summed E-state index contributed by atoms with van der Waals surface area (Å²) in [6.07, 6.45) is -12.8. The first-order valence-corrected chi connectivity index (χ1v) is 6.31. The highest BCUT2D eigenvalue weighted by Crippen LogP contribution is 2.69. The summed E-state index contributed by atoms with van der Waals surface area (Å²) < 4.78 is 84.2. The lowest BCUT2D eigenvalue weighted by atomic mass is 9.89. The van der Waals surface area contributed by atoms with Crippen LogP contribution in [0.15, 0.2) is 18.2 Å². The highest BCUT2D eigenvalue weighted by Gasteiger charge is 2.75. The van der Waals surface area contributed by atoms with Gasteiger partial charge in [-0.1, -0.05) is 0 Å². The van der Waals surface area contributed by atoms with E-state index in [4.69, 9.17) is 9.84 Å². The Balaban J connectivity index is 2.01. The third kappa shape index (κ3) is 2.45. The average Bonchev–Trinajstić information content (AvgIpc) is 3.11. The van der Waals surface area contributed by atoms with Gasteiger partial charge in [0.25, 0.3) is 0 Å². The third-order valence-corrected chi connectivity index (χ3v) is 4.00. The lowest BCUT2D eigenvalue weighted by molar-refractivity contribution is -0.274. The number of carboxylic acids is 1. The van der Waals surface area contributed by atoms with E-state index in [1.807, 2.05) is 0 Å². The molecule has 1 aliphatic carbocycles. The first-order valence-electron chi connectivity index (χ1n) is 6.31. The molecule has 0 radical (unpaired) electrons. The molecular formula is C13H8F6O4. The van der Waals surface area contributed by atoms with Crippen molar-refractivity contribution in [2.24, 2.45) is 5.41 Å². The summed E-state index contributed by atoms with van der Waals surface area (Å²) in [4.78, 5) is 11.3. The van der Waals surface area contributed by atoms with Gasteiger partial charge in [-0.3, -0.25) is 4.79 Å². The summed E-state index contributed by atoms with van der Waals surface area (Å²) in [5.74, 6) is -3.71. The summed E-state index contributed by atoms with van der Waals surface area (Å²) in [6.45, 7) is 0. The topological polar surface area (TPSA) is 55.8 Å². The molecule has 1 N–H and O–H groups in total. The summed E-state index contributed by atoms with van der Waals surface area (Å²) in [5, 5.41) is 9.16. The Kier molecular flexibility index (Phi) is 3.05. The van der Waals surface area contributed by atoms with Crippen molar-refractivity contribution < 1.29 is 45.7 Å². The minimum Gasteiger partial charge on any atom is -0.481 e. The van der Waals surface area contributed by atoms with Gasteiger partial charge in [0.15, 0.2) is 0 Å². The molecule has 1 aromatic rings. The van der Waals surface area contributed by atoms with Crippen molar-refractivity contribution in [1.29, 1.82) is 0 Å². The SMILES string of the molecule is O=C(O)C12CC1c1cc(OC(F)(F)F)ccc1O[C@@H]2C(F)(F)F. The Morgan fingerprint density at radius 2 is 1.91 bits per heavy atom. The number of hydrogen-bond acceptors (Lipinski definition) is 3. The van der Waals surface area contributed by atoms with E-state index >= 15 is 0 Å². The zero-order valence-electron chi connectivity index (χ0n) is 11.0. The Morgan fingerprint density at radius 3 is 2.43 bits per heavy atom. The standard InChI is InChI=1S/C13H8F6O4/c14-12(15,16)9-11(10(20)21)4-7(11)6-3-5(23-13(17,18)19)1-2-8(6)22-9/h1-3,7,9H,4H2,(H,20,21)/t7?,9-,11?/m0/s1. The number of hydrogen-bond donors (Lipinski definition) is 1. The molecule has 3 atom stereocenters. The van der Waals surface area contributed by atoms with Gasteiger partial charge in [0, 0.05) is 11.5 Å². The zero-order chi connectivity index (χ0) is 17.2. The Morgan fingerprint density at radius 1 is 1.26 bits per heavy atom. The maximum atomic E-state index is 13.1. The molecule has 4 nitrogen and oxygen atoms in total. The predicted octanol–water partition coefficient (Wildman–Crippen LogP) is 3.47. The van der Waals surface area contributed by atoms with Crippen molar-refractivity contribution in [3.63, 3.8) is 0 Å². The summed E-state index contributed by atoms with van der Waals surface area (Å²) >= 11 is 0. The van der Waals surface area contributed by atoms with Crippen LogP contribution < -0.4 is 9.47 Å². The highest BCUT2D eigenvalue weighted by molar-refractivity contribution is 5.83. The van der Waals surface area contributed by atoms with Crippen molar-refractivity contribution in [2.45, 2.75) is 31.0 Å². The first-order chi connectivity index (χ1) is 10.4. The van der Waals surface area contributed by atoms with Gasteiger partial charge in [0.2, 0.25) is 6.10 Å². The molecule has 0 bridgehead atoms. The highest BCUT2D eigenvalue weighted by atomic mass is 19.4. The van der Waals surface area contributed by atoms with Gasteiger partial charge in [-0.2, -0.15) is 13.2 Å². The molecule has 1 heterocycles. The predicted molar refractivity (Wildman–Crippen MR) is 61.0 cm³/mol. The third-order valence-electron chi connectivity index (χ3n) is 4.00. The van der Waals surface area contributed by atoms with Gasteiger partial charge in [-0.15, -0.1) is 13.2 Å². The Labute approximate surface area is 124 Å². The summed E-state index contributed by atoms with van der Waals surface area (Å²) in [6, 6.07) is 2.60. The van der Waals surface area contributed by atoms with Crippen molar-refractivity contribution in [2.75, 3.05) is 0 Å². The molecule has 0 aromatic heterocycles. The van der Waals surface area contributed by atoms with E-state index in [1.54, 1.807) is 0 Å². The molecule has 10 heteroatoms. The summed E-state index contributed by atoms with van der Waals surface area (Å²) in [5.41, 5.74) is -2.24. The van der Waals surface area contributed by atoms with E-state index in [-0.39, 0.29) is 17.7 Å². The zero-order valence-corrected chi connectivity index (χ0v) is 11.0. The van der Waals surface area contributed by atoms with Crippen LogP contribution in [0, 0.1) is 5.41 Å². The minimum absolute atomic E-state index is 0.0327. The van der Waals surface area contributed by atoms with Gasteiger partial charge in [-0.05, 0) is 24.6 Å². The molecule has 1 aliphatic heterocycles. The van der Waals surface area contributed by atoms with E-state index in [2.05, 4.69) is 4.74 Å². The number of halogens is 6. The first kappa shape index (κ1) is 15.8. The molecule has 2 unspecified atom stereocenters. The van der Waals surface area contributed by atoms with Crippen molar-refractivity contribution >= 4 is 5.97 Å². The second-order valence-electron chi connectivity index (χ2n) is 5.39. The second kappa shape index (κ2) is 4.45.